The molecular weight excluding hydrogens is 402 g/mol. The highest BCUT2D eigenvalue weighted by atomic mass is 16.5. The highest BCUT2D eigenvalue weighted by Crippen LogP contribution is 2.33. The summed E-state index contributed by atoms with van der Waals surface area (Å²) >= 11 is 0. The van der Waals surface area contributed by atoms with Crippen molar-refractivity contribution in [3.05, 3.63) is 71.9 Å². The first-order valence-corrected chi connectivity index (χ1v) is 11.2. The summed E-state index contributed by atoms with van der Waals surface area (Å²) < 4.78 is 7.56. The summed E-state index contributed by atoms with van der Waals surface area (Å²) in [4.78, 5) is 28.9. The van der Waals surface area contributed by atoms with E-state index in [1.165, 1.54) is 0 Å². The number of para-hydroxylation sites is 1. The van der Waals surface area contributed by atoms with Gasteiger partial charge in [-0.25, -0.2) is 0 Å². The van der Waals surface area contributed by atoms with E-state index in [1.807, 2.05) is 86.0 Å². The summed E-state index contributed by atoms with van der Waals surface area (Å²) in [6.07, 6.45) is 0.894. The van der Waals surface area contributed by atoms with Crippen LogP contribution in [0.15, 0.2) is 60.7 Å². The van der Waals surface area contributed by atoms with E-state index in [0.717, 1.165) is 22.9 Å². The molecule has 0 unspecified atom stereocenters. The zero-order chi connectivity index (χ0) is 22.7. The van der Waals surface area contributed by atoms with Gasteiger partial charge in [0.25, 0.3) is 5.91 Å². The third-order valence-electron chi connectivity index (χ3n) is 6.07. The molecule has 2 heterocycles. The van der Waals surface area contributed by atoms with Gasteiger partial charge >= 0.3 is 0 Å². The van der Waals surface area contributed by atoms with Crippen LogP contribution in [-0.4, -0.2) is 46.1 Å². The van der Waals surface area contributed by atoms with Crippen LogP contribution in [0.4, 0.5) is 0 Å². The van der Waals surface area contributed by atoms with Crippen LogP contribution in [-0.2, 0) is 22.6 Å². The first kappa shape index (κ1) is 22.1. The van der Waals surface area contributed by atoms with Crippen LogP contribution in [0.25, 0.3) is 10.9 Å². The van der Waals surface area contributed by atoms with Crippen molar-refractivity contribution in [3.63, 3.8) is 0 Å². The van der Waals surface area contributed by atoms with Crippen molar-refractivity contribution >= 4 is 22.7 Å². The molecule has 6 nitrogen and oxygen atoms in total. The SMILES string of the molecule is CC(C)OCCCNC(=O)[C@]1(C)Cn2c(cc3ccccc32)C(=O)N1Cc1ccccc1. The highest BCUT2D eigenvalue weighted by Gasteiger charge is 2.47. The molecule has 1 atom stereocenters. The van der Waals surface area contributed by atoms with E-state index in [0.29, 0.717) is 31.9 Å². The smallest absolute Gasteiger partial charge is 0.271 e. The third kappa shape index (κ3) is 4.28. The molecule has 1 N–H and O–H groups in total. The minimum Gasteiger partial charge on any atom is -0.379 e. The molecule has 2 amide bonds. The standard InChI is InChI=1S/C26H31N3O3/c1-19(2)32-15-9-14-27-25(31)26(3)18-28-22-13-8-7-12-21(22)16-23(28)24(30)29(26)17-20-10-5-4-6-11-20/h4-8,10-13,16,19H,9,14-15,17-18H2,1-3H3,(H,27,31)/t26-/m0/s1. The number of carbonyl (C=O) groups is 2. The van der Waals surface area contributed by atoms with Crippen molar-refractivity contribution in [1.29, 1.82) is 0 Å². The van der Waals surface area contributed by atoms with Crippen molar-refractivity contribution in [2.24, 2.45) is 0 Å². The zero-order valence-corrected chi connectivity index (χ0v) is 19.0. The van der Waals surface area contributed by atoms with Crippen molar-refractivity contribution in [2.45, 2.75) is 51.9 Å². The highest BCUT2D eigenvalue weighted by molar-refractivity contribution is 6.03. The van der Waals surface area contributed by atoms with Gasteiger partial charge in [-0.15, -0.1) is 0 Å². The van der Waals surface area contributed by atoms with E-state index in [2.05, 4.69) is 5.32 Å². The molecule has 1 aromatic heterocycles. The fourth-order valence-electron chi connectivity index (χ4n) is 4.30. The van der Waals surface area contributed by atoms with E-state index in [4.69, 9.17) is 4.74 Å². The van der Waals surface area contributed by atoms with Gasteiger partial charge < -0.3 is 19.5 Å². The Labute approximate surface area is 189 Å². The van der Waals surface area contributed by atoms with E-state index < -0.39 is 5.54 Å². The molecule has 1 aliphatic rings. The lowest BCUT2D eigenvalue weighted by molar-refractivity contribution is -0.133. The normalized spacial score (nSPS) is 18.2. The summed E-state index contributed by atoms with van der Waals surface area (Å²) in [5, 5.41) is 4.05. The minimum atomic E-state index is -1.01. The van der Waals surface area contributed by atoms with Crippen molar-refractivity contribution in [3.8, 4) is 0 Å². The first-order chi connectivity index (χ1) is 15.4. The maximum absolute atomic E-state index is 13.7. The largest absolute Gasteiger partial charge is 0.379 e. The Balaban J connectivity index is 1.63. The van der Waals surface area contributed by atoms with Crippen LogP contribution >= 0.6 is 0 Å². The lowest BCUT2D eigenvalue weighted by atomic mass is 9.93. The Hall–Kier alpha value is -3.12. The zero-order valence-electron chi connectivity index (χ0n) is 19.0. The van der Waals surface area contributed by atoms with Crippen LogP contribution in [0, 0.1) is 0 Å². The number of nitrogens with one attached hydrogen (secondary N) is 1. The van der Waals surface area contributed by atoms with Gasteiger partial charge in [0.15, 0.2) is 0 Å². The summed E-state index contributed by atoms with van der Waals surface area (Å²) in [5.41, 5.74) is 1.58. The van der Waals surface area contributed by atoms with Crippen molar-refractivity contribution < 1.29 is 14.3 Å². The molecule has 0 fully saturated rings. The van der Waals surface area contributed by atoms with E-state index in [-0.39, 0.29) is 17.9 Å². The maximum Gasteiger partial charge on any atom is 0.271 e. The van der Waals surface area contributed by atoms with E-state index in [1.54, 1.807) is 4.90 Å². The second-order valence-corrected chi connectivity index (χ2v) is 8.85. The number of aromatic nitrogens is 1. The molecule has 6 heteroatoms. The molecule has 168 valence electrons. The Morgan fingerprint density at radius 3 is 2.59 bits per heavy atom. The van der Waals surface area contributed by atoms with Gasteiger partial charge in [-0.2, -0.15) is 0 Å². The second-order valence-electron chi connectivity index (χ2n) is 8.85. The molecule has 0 saturated heterocycles. The van der Waals surface area contributed by atoms with Gasteiger partial charge in [-0.3, -0.25) is 9.59 Å². The third-order valence-corrected chi connectivity index (χ3v) is 6.07. The maximum atomic E-state index is 13.7. The molecule has 0 saturated carbocycles. The monoisotopic (exact) mass is 433 g/mol. The van der Waals surface area contributed by atoms with Gasteiger partial charge in [-0.05, 0) is 44.9 Å². The van der Waals surface area contributed by atoms with Gasteiger partial charge in [0.2, 0.25) is 5.91 Å². The fraction of sp³-hybridized carbons (Fsp3) is 0.385. The van der Waals surface area contributed by atoms with Crippen LogP contribution in [0.3, 0.4) is 0 Å². The molecule has 0 spiro atoms. The lowest BCUT2D eigenvalue weighted by Crippen LogP contribution is -2.63. The minimum absolute atomic E-state index is 0.128. The Morgan fingerprint density at radius 1 is 1.12 bits per heavy atom. The summed E-state index contributed by atoms with van der Waals surface area (Å²) in [5.74, 6) is -0.271. The number of rotatable bonds is 8. The molecule has 0 bridgehead atoms. The molecule has 3 aromatic rings. The van der Waals surface area contributed by atoms with Gasteiger partial charge in [0.1, 0.15) is 11.2 Å². The molecule has 0 aliphatic carbocycles. The van der Waals surface area contributed by atoms with Crippen LogP contribution in [0.1, 0.15) is 43.2 Å². The molecular formula is C26H31N3O3. The molecule has 0 radical (unpaired) electrons. The van der Waals surface area contributed by atoms with Gasteiger partial charge in [-0.1, -0.05) is 48.5 Å². The number of hydrogen-bond acceptors (Lipinski definition) is 3. The Morgan fingerprint density at radius 2 is 1.84 bits per heavy atom. The van der Waals surface area contributed by atoms with Crippen molar-refractivity contribution in [1.82, 2.24) is 14.8 Å². The number of ether oxygens (including phenoxy) is 1. The molecule has 2 aromatic carbocycles. The number of carbonyl (C=O) groups excluding carboxylic acids is 2. The molecule has 32 heavy (non-hydrogen) atoms. The number of nitrogens with zero attached hydrogens (tertiary/aromatic N) is 2. The number of amides is 2. The predicted molar refractivity (Wildman–Crippen MR) is 125 cm³/mol. The second kappa shape index (κ2) is 9.17. The summed E-state index contributed by atoms with van der Waals surface area (Å²) in [7, 11) is 0. The predicted octanol–water partition coefficient (Wildman–Crippen LogP) is 3.99. The molecule has 4 rings (SSSR count). The lowest BCUT2D eigenvalue weighted by Gasteiger charge is -2.44. The number of hydrogen-bond donors (Lipinski definition) is 1. The quantitative estimate of drug-likeness (QED) is 0.547. The van der Waals surface area contributed by atoms with E-state index >= 15 is 0 Å². The number of fused-ring (bicyclic) bond motifs is 3. The van der Waals surface area contributed by atoms with Crippen molar-refractivity contribution in [2.75, 3.05) is 13.2 Å². The topological polar surface area (TPSA) is 63.6 Å². The van der Waals surface area contributed by atoms with Crippen LogP contribution < -0.4 is 5.32 Å². The van der Waals surface area contributed by atoms with E-state index in [9.17, 15) is 9.59 Å². The Kier molecular flexibility index (Phi) is 6.33. The van der Waals surface area contributed by atoms with Crippen LogP contribution in [0.2, 0.25) is 0 Å². The van der Waals surface area contributed by atoms with Crippen LogP contribution in [0.5, 0.6) is 0 Å². The average molecular weight is 434 g/mol. The average Bonchev–Trinajstić information content (AvgIpc) is 3.15. The summed E-state index contributed by atoms with van der Waals surface area (Å²) in [6.45, 7) is 7.73. The fourth-order valence-corrected chi connectivity index (χ4v) is 4.30. The number of benzene rings is 2. The first-order valence-electron chi connectivity index (χ1n) is 11.2. The summed E-state index contributed by atoms with van der Waals surface area (Å²) in [6, 6.07) is 19.7. The Bertz CT molecular complexity index is 1110. The molecule has 1 aliphatic heterocycles. The van der Waals surface area contributed by atoms with Gasteiger partial charge in [0.05, 0.1) is 12.6 Å². The van der Waals surface area contributed by atoms with Gasteiger partial charge in [0, 0.05) is 30.6 Å².